The Bertz CT molecular complexity index is 1380. The highest BCUT2D eigenvalue weighted by Crippen LogP contribution is 2.31. The van der Waals surface area contributed by atoms with Crippen LogP contribution in [0.2, 0.25) is 0 Å². The minimum atomic E-state index is -4.95. The maximum atomic E-state index is 15.0. The largest absolute Gasteiger partial charge is 0.480 e. The molecule has 0 bridgehead atoms. The molecule has 0 fully saturated rings. The van der Waals surface area contributed by atoms with Gasteiger partial charge in [-0.05, 0) is 32.0 Å². The topological polar surface area (TPSA) is 115 Å². The number of benzene rings is 2. The van der Waals surface area contributed by atoms with Crippen molar-refractivity contribution >= 4 is 17.6 Å². The number of nitrogens with zero attached hydrogens (tertiary/aromatic N) is 3. The molecule has 3 aromatic rings. The molecule has 0 aliphatic rings. The van der Waals surface area contributed by atoms with Crippen molar-refractivity contribution < 1.29 is 45.8 Å². The second-order valence-electron chi connectivity index (χ2n) is 7.22. The van der Waals surface area contributed by atoms with Crippen LogP contribution in [0.15, 0.2) is 35.1 Å². The van der Waals surface area contributed by atoms with Crippen LogP contribution < -0.4 is 15.7 Å². The number of carbonyl (C=O) groups excluding carboxylic acids is 1. The molecule has 1 unspecified atom stereocenters. The molecule has 3 rings (SSSR count). The molecule has 0 radical (unpaired) electrons. The fourth-order valence-electron chi connectivity index (χ4n) is 3.03. The SMILES string of the molecule is CCn1c(C(=O)O)nn(-c2cc(OC(C)C(F)(F)F)c(C(=O)Nc3c(F)cccc3F)cc2F)c1=O. The van der Waals surface area contributed by atoms with Gasteiger partial charge in [0.15, 0.2) is 6.10 Å². The van der Waals surface area contributed by atoms with Crippen LogP contribution in [-0.4, -0.2) is 43.6 Å². The lowest BCUT2D eigenvalue weighted by atomic mass is 10.1. The Labute approximate surface area is 197 Å². The van der Waals surface area contributed by atoms with E-state index in [1.807, 2.05) is 0 Å². The molecule has 15 heteroatoms. The van der Waals surface area contributed by atoms with E-state index >= 15 is 4.39 Å². The summed E-state index contributed by atoms with van der Waals surface area (Å²) in [5.41, 5.74) is -3.84. The first kappa shape index (κ1) is 26.3. The normalized spacial score (nSPS) is 12.3. The third-order valence-electron chi connectivity index (χ3n) is 4.86. The summed E-state index contributed by atoms with van der Waals surface area (Å²) in [7, 11) is 0. The molecule has 0 aliphatic heterocycles. The Morgan fingerprint density at radius 3 is 2.25 bits per heavy atom. The fraction of sp³-hybridized carbons (Fsp3) is 0.238. The molecule has 192 valence electrons. The molecule has 0 saturated carbocycles. The van der Waals surface area contributed by atoms with Crippen molar-refractivity contribution in [3.8, 4) is 11.4 Å². The summed E-state index contributed by atoms with van der Waals surface area (Å²) >= 11 is 0. The lowest BCUT2D eigenvalue weighted by Crippen LogP contribution is -2.32. The molecule has 0 saturated heterocycles. The van der Waals surface area contributed by atoms with Crippen molar-refractivity contribution in [1.29, 1.82) is 0 Å². The number of nitrogens with one attached hydrogen (secondary N) is 1. The van der Waals surface area contributed by atoms with Gasteiger partial charge in [0, 0.05) is 12.6 Å². The second kappa shape index (κ2) is 9.75. The summed E-state index contributed by atoms with van der Waals surface area (Å²) in [4.78, 5) is 36.6. The van der Waals surface area contributed by atoms with Crippen molar-refractivity contribution in [2.75, 3.05) is 5.32 Å². The van der Waals surface area contributed by atoms with Gasteiger partial charge in [-0.1, -0.05) is 6.07 Å². The van der Waals surface area contributed by atoms with Crippen molar-refractivity contribution in [1.82, 2.24) is 14.3 Å². The first-order chi connectivity index (χ1) is 16.8. The average molecular weight is 518 g/mol. The summed E-state index contributed by atoms with van der Waals surface area (Å²) in [6.07, 6.45) is -7.50. The molecule has 9 nitrogen and oxygen atoms in total. The first-order valence-electron chi connectivity index (χ1n) is 10.0. The number of ether oxygens (including phenoxy) is 1. The summed E-state index contributed by atoms with van der Waals surface area (Å²) in [6.45, 7) is 1.78. The number of carboxylic acids is 1. The van der Waals surface area contributed by atoms with E-state index < -0.39 is 75.8 Å². The van der Waals surface area contributed by atoms with E-state index in [0.29, 0.717) is 23.6 Å². The molecule has 1 heterocycles. The molecule has 0 spiro atoms. The highest BCUT2D eigenvalue weighted by molar-refractivity contribution is 6.06. The minimum Gasteiger partial charge on any atom is -0.480 e. The number of amides is 1. The maximum absolute atomic E-state index is 15.0. The number of aromatic nitrogens is 3. The molecule has 2 N–H and O–H groups in total. The van der Waals surface area contributed by atoms with Crippen LogP contribution in [0.5, 0.6) is 5.75 Å². The van der Waals surface area contributed by atoms with E-state index in [-0.39, 0.29) is 11.2 Å². The summed E-state index contributed by atoms with van der Waals surface area (Å²) in [5, 5.41) is 14.5. The van der Waals surface area contributed by atoms with Crippen molar-refractivity contribution in [3.05, 3.63) is 69.7 Å². The zero-order valence-electron chi connectivity index (χ0n) is 18.4. The number of carboxylic acid groups (broad SMARTS) is 1. The van der Waals surface area contributed by atoms with Gasteiger partial charge in [0.05, 0.1) is 5.56 Å². The van der Waals surface area contributed by atoms with Gasteiger partial charge in [0.1, 0.15) is 34.6 Å². The van der Waals surface area contributed by atoms with E-state index in [4.69, 9.17) is 4.74 Å². The van der Waals surface area contributed by atoms with Crippen LogP contribution in [0.25, 0.3) is 5.69 Å². The number of alkyl halides is 3. The molecule has 2 aromatic carbocycles. The summed E-state index contributed by atoms with van der Waals surface area (Å²) < 4.78 is 88.0. The smallest absolute Gasteiger partial charge is 0.425 e. The minimum absolute atomic E-state index is 0.189. The highest BCUT2D eigenvalue weighted by Gasteiger charge is 2.39. The fourth-order valence-corrected chi connectivity index (χ4v) is 3.03. The predicted octanol–water partition coefficient (Wildman–Crippen LogP) is 3.75. The molecular formula is C21H16F6N4O5. The zero-order chi connectivity index (χ0) is 26.9. The van der Waals surface area contributed by atoms with Gasteiger partial charge in [0.2, 0.25) is 5.82 Å². The van der Waals surface area contributed by atoms with Gasteiger partial charge in [-0.3, -0.25) is 9.36 Å². The molecular weight excluding hydrogens is 502 g/mol. The van der Waals surface area contributed by atoms with E-state index in [2.05, 4.69) is 5.10 Å². The number of halogens is 6. The Balaban J connectivity index is 2.18. The number of rotatable bonds is 7. The van der Waals surface area contributed by atoms with Gasteiger partial charge in [-0.15, -0.1) is 5.10 Å². The number of para-hydroxylation sites is 1. The van der Waals surface area contributed by atoms with E-state index in [0.717, 1.165) is 18.2 Å². The highest BCUT2D eigenvalue weighted by atomic mass is 19.4. The van der Waals surface area contributed by atoms with Gasteiger partial charge in [-0.2, -0.15) is 17.9 Å². The molecule has 1 amide bonds. The molecule has 1 aromatic heterocycles. The quantitative estimate of drug-likeness (QED) is 0.461. The lowest BCUT2D eigenvalue weighted by Gasteiger charge is -2.20. The van der Waals surface area contributed by atoms with Crippen molar-refractivity contribution in [2.24, 2.45) is 0 Å². The predicted molar refractivity (Wildman–Crippen MR) is 111 cm³/mol. The van der Waals surface area contributed by atoms with Crippen LogP contribution in [-0.2, 0) is 6.54 Å². The molecule has 1 atom stereocenters. The number of carbonyl (C=O) groups is 2. The zero-order valence-corrected chi connectivity index (χ0v) is 18.4. The third kappa shape index (κ3) is 5.04. The van der Waals surface area contributed by atoms with Crippen LogP contribution in [0.1, 0.15) is 34.8 Å². The second-order valence-corrected chi connectivity index (χ2v) is 7.22. The third-order valence-corrected chi connectivity index (χ3v) is 4.86. The summed E-state index contributed by atoms with van der Waals surface area (Å²) in [6, 6.07) is 3.46. The number of anilines is 1. The van der Waals surface area contributed by atoms with Crippen LogP contribution >= 0.6 is 0 Å². The number of hydrogen-bond donors (Lipinski definition) is 2. The molecule has 36 heavy (non-hydrogen) atoms. The van der Waals surface area contributed by atoms with E-state index in [9.17, 15) is 41.4 Å². The van der Waals surface area contributed by atoms with Gasteiger partial charge >= 0.3 is 17.8 Å². The van der Waals surface area contributed by atoms with E-state index in [1.165, 1.54) is 6.92 Å². The summed E-state index contributed by atoms with van der Waals surface area (Å²) in [5.74, 6) is -8.63. The average Bonchev–Trinajstić information content (AvgIpc) is 3.12. The van der Waals surface area contributed by atoms with Crippen molar-refractivity contribution in [3.63, 3.8) is 0 Å². The first-order valence-corrected chi connectivity index (χ1v) is 10.0. The lowest BCUT2D eigenvalue weighted by molar-refractivity contribution is -0.189. The van der Waals surface area contributed by atoms with Gasteiger partial charge in [0.25, 0.3) is 5.91 Å². The van der Waals surface area contributed by atoms with Crippen molar-refractivity contribution in [2.45, 2.75) is 32.7 Å². The van der Waals surface area contributed by atoms with E-state index in [1.54, 1.807) is 5.32 Å². The monoisotopic (exact) mass is 518 g/mol. The Kier molecular flexibility index (Phi) is 7.13. The van der Waals surface area contributed by atoms with Gasteiger partial charge < -0.3 is 15.2 Å². The van der Waals surface area contributed by atoms with Crippen LogP contribution in [0.3, 0.4) is 0 Å². The Morgan fingerprint density at radius 2 is 1.75 bits per heavy atom. The number of hydrogen-bond acceptors (Lipinski definition) is 5. The van der Waals surface area contributed by atoms with Crippen LogP contribution in [0, 0.1) is 17.5 Å². The molecule has 0 aliphatic carbocycles. The Hall–Kier alpha value is -4.30. The standard InChI is InChI=1S/C21H16F6N4O5/c1-3-30-17(19(33)34)29-31(20(30)35)14-8-15(36-9(2)21(25,26)27)10(7-13(14)24)18(32)28-16-11(22)5-4-6-12(16)23/h4-9H,3H2,1-2H3,(H,28,32)(H,33,34). The van der Waals surface area contributed by atoms with Gasteiger partial charge in [-0.25, -0.2) is 22.8 Å². The Morgan fingerprint density at radius 1 is 1.14 bits per heavy atom. The van der Waals surface area contributed by atoms with Crippen LogP contribution in [0.4, 0.5) is 32.0 Å². The maximum Gasteiger partial charge on any atom is 0.425 e. The number of aromatic carboxylic acids is 1.